The number of nitrogens with one attached hydrogen (secondary N) is 1. The molecule has 10 heavy (non-hydrogen) atoms. The monoisotopic (exact) mass is 146 g/mol. The van der Waals surface area contributed by atoms with Crippen LogP contribution in [-0.4, -0.2) is 24.1 Å². The lowest BCUT2D eigenvalue weighted by molar-refractivity contribution is -0.161. The Balaban J connectivity index is 3.34. The van der Waals surface area contributed by atoms with Crippen LogP contribution in [0.4, 0.5) is 0 Å². The largest absolute Gasteiger partial charge is 0.356 e. The Labute approximate surface area is 61.1 Å². The van der Waals surface area contributed by atoms with Crippen molar-refractivity contribution in [2.24, 2.45) is 0 Å². The van der Waals surface area contributed by atoms with Crippen LogP contribution >= 0.6 is 0 Å². The molecule has 0 unspecified atom stereocenters. The zero-order valence-electron chi connectivity index (χ0n) is 6.68. The van der Waals surface area contributed by atoms with Crippen molar-refractivity contribution in [2.45, 2.75) is 20.8 Å². The summed E-state index contributed by atoms with van der Waals surface area (Å²) in [5, 5.41) is 1.78. The molecule has 0 radical (unpaired) electrons. The first kappa shape index (κ1) is 9.39. The summed E-state index contributed by atoms with van der Waals surface area (Å²) >= 11 is 0. The summed E-state index contributed by atoms with van der Waals surface area (Å²) in [5.41, 5.74) is 2.50. The molecule has 0 saturated carbocycles. The van der Waals surface area contributed by atoms with Gasteiger partial charge in [0.25, 0.3) is 0 Å². The molecule has 60 valence electrons. The average molecular weight is 146 g/mol. The van der Waals surface area contributed by atoms with E-state index in [4.69, 9.17) is 0 Å². The Kier molecular flexibility index (Phi) is 4.88. The van der Waals surface area contributed by atoms with Gasteiger partial charge >= 0.3 is 5.97 Å². The molecule has 0 spiro atoms. The maximum absolute atomic E-state index is 10.3. The van der Waals surface area contributed by atoms with E-state index in [9.17, 15) is 4.79 Å². The minimum atomic E-state index is -0.327. The molecule has 0 aliphatic carbocycles. The Morgan fingerprint density at radius 2 is 2.00 bits per heavy atom. The van der Waals surface area contributed by atoms with Crippen molar-refractivity contribution in [3.63, 3.8) is 0 Å². The highest BCUT2D eigenvalue weighted by molar-refractivity contribution is 5.65. The van der Waals surface area contributed by atoms with Crippen LogP contribution in [0.2, 0.25) is 0 Å². The number of nitrogens with zero attached hydrogens (tertiary/aromatic N) is 1. The molecular weight excluding hydrogens is 132 g/mol. The van der Waals surface area contributed by atoms with Crippen molar-refractivity contribution in [2.75, 3.05) is 13.1 Å². The summed E-state index contributed by atoms with van der Waals surface area (Å²) in [4.78, 5) is 14.8. The second kappa shape index (κ2) is 5.20. The number of hydrogen-bond acceptors (Lipinski definition) is 4. The minimum Gasteiger partial charge on any atom is -0.356 e. The fraction of sp³-hybridized carbons (Fsp3) is 0.833. The highest BCUT2D eigenvalue weighted by atomic mass is 16.7. The molecule has 0 fully saturated rings. The van der Waals surface area contributed by atoms with Crippen LogP contribution in [0.3, 0.4) is 0 Å². The second-order valence-electron chi connectivity index (χ2n) is 1.86. The quantitative estimate of drug-likeness (QED) is 0.580. The summed E-state index contributed by atoms with van der Waals surface area (Å²) in [6, 6.07) is 0. The normalized spacial score (nSPS) is 10.0. The predicted molar refractivity (Wildman–Crippen MR) is 37.8 cm³/mol. The van der Waals surface area contributed by atoms with E-state index in [-0.39, 0.29) is 5.97 Å². The van der Waals surface area contributed by atoms with Crippen LogP contribution in [-0.2, 0) is 9.63 Å². The third kappa shape index (κ3) is 4.29. The molecule has 0 rings (SSSR count). The third-order valence-corrected chi connectivity index (χ3v) is 1.08. The van der Waals surface area contributed by atoms with Crippen molar-refractivity contribution in [1.82, 2.24) is 10.6 Å². The first-order valence-electron chi connectivity index (χ1n) is 3.38. The SMILES string of the molecule is CCN(CC)NOC(C)=O. The van der Waals surface area contributed by atoms with E-state index >= 15 is 0 Å². The van der Waals surface area contributed by atoms with Gasteiger partial charge in [0.1, 0.15) is 0 Å². The maximum Gasteiger partial charge on any atom is 0.323 e. The highest BCUT2D eigenvalue weighted by Crippen LogP contribution is 1.79. The van der Waals surface area contributed by atoms with Crippen molar-refractivity contribution in [1.29, 1.82) is 0 Å². The molecule has 0 aliphatic rings. The topological polar surface area (TPSA) is 41.6 Å². The molecular formula is C6H14N2O2. The van der Waals surface area contributed by atoms with Gasteiger partial charge in [-0.2, -0.15) is 0 Å². The van der Waals surface area contributed by atoms with Crippen LogP contribution in [0.5, 0.6) is 0 Å². The summed E-state index contributed by atoms with van der Waals surface area (Å²) in [7, 11) is 0. The predicted octanol–water partition coefficient (Wildman–Crippen LogP) is 0.311. The van der Waals surface area contributed by atoms with E-state index in [2.05, 4.69) is 10.4 Å². The molecule has 0 atom stereocenters. The summed E-state index contributed by atoms with van der Waals surface area (Å²) in [5.74, 6) is -0.327. The van der Waals surface area contributed by atoms with Gasteiger partial charge in [-0.05, 0) is 0 Å². The van der Waals surface area contributed by atoms with E-state index in [0.29, 0.717) is 0 Å². The number of rotatable bonds is 4. The van der Waals surface area contributed by atoms with Crippen molar-refractivity contribution < 1.29 is 9.63 Å². The molecule has 4 nitrogen and oxygen atoms in total. The Morgan fingerprint density at radius 1 is 1.50 bits per heavy atom. The van der Waals surface area contributed by atoms with Gasteiger partial charge in [-0.3, -0.25) is 4.79 Å². The van der Waals surface area contributed by atoms with Crippen molar-refractivity contribution in [3.05, 3.63) is 0 Å². The van der Waals surface area contributed by atoms with E-state index in [1.165, 1.54) is 6.92 Å². The standard InChI is InChI=1S/C6H14N2O2/c1-4-8(5-2)7-10-6(3)9/h7H,4-5H2,1-3H3. The fourth-order valence-corrected chi connectivity index (χ4v) is 0.482. The highest BCUT2D eigenvalue weighted by Gasteiger charge is 1.97. The molecule has 0 bridgehead atoms. The first-order valence-corrected chi connectivity index (χ1v) is 3.38. The molecule has 1 N–H and O–H groups in total. The van der Waals surface area contributed by atoms with Gasteiger partial charge in [0.05, 0.1) is 0 Å². The van der Waals surface area contributed by atoms with Crippen LogP contribution in [0, 0.1) is 0 Å². The number of carbonyl (C=O) groups is 1. The second-order valence-corrected chi connectivity index (χ2v) is 1.86. The van der Waals surface area contributed by atoms with Gasteiger partial charge < -0.3 is 4.84 Å². The lowest BCUT2D eigenvalue weighted by atomic mass is 10.6. The van der Waals surface area contributed by atoms with E-state index in [1.54, 1.807) is 5.01 Å². The first-order chi connectivity index (χ1) is 4.70. The summed E-state index contributed by atoms with van der Waals surface area (Å²) in [6.45, 7) is 6.92. The third-order valence-electron chi connectivity index (χ3n) is 1.08. The van der Waals surface area contributed by atoms with E-state index < -0.39 is 0 Å². The molecule has 0 aromatic carbocycles. The summed E-state index contributed by atoms with van der Waals surface area (Å²) in [6.07, 6.45) is 0. The van der Waals surface area contributed by atoms with Crippen LogP contribution in [0.25, 0.3) is 0 Å². The van der Waals surface area contributed by atoms with E-state index in [1.807, 2.05) is 13.8 Å². The van der Waals surface area contributed by atoms with Gasteiger partial charge in [-0.15, -0.1) is 0 Å². The number of carbonyl (C=O) groups excluding carboxylic acids is 1. The van der Waals surface area contributed by atoms with Crippen LogP contribution < -0.4 is 5.59 Å². The Morgan fingerprint density at radius 3 is 2.30 bits per heavy atom. The molecule has 0 aliphatic heterocycles. The maximum atomic E-state index is 10.3. The summed E-state index contributed by atoms with van der Waals surface area (Å²) < 4.78 is 0. The molecule has 0 amide bonds. The lowest BCUT2D eigenvalue weighted by Gasteiger charge is -2.16. The lowest BCUT2D eigenvalue weighted by Crippen LogP contribution is -2.38. The smallest absolute Gasteiger partial charge is 0.323 e. The van der Waals surface area contributed by atoms with Crippen molar-refractivity contribution >= 4 is 5.97 Å². The zero-order valence-corrected chi connectivity index (χ0v) is 6.68. The molecule has 4 heteroatoms. The number of hydrogen-bond donors (Lipinski definition) is 1. The zero-order chi connectivity index (χ0) is 7.98. The minimum absolute atomic E-state index is 0.327. The fourth-order valence-electron chi connectivity index (χ4n) is 0.482. The Bertz CT molecular complexity index is 102. The van der Waals surface area contributed by atoms with Gasteiger partial charge in [-0.1, -0.05) is 19.4 Å². The number of hydrazine groups is 1. The van der Waals surface area contributed by atoms with Gasteiger partial charge in [0.15, 0.2) is 0 Å². The molecule has 0 aromatic rings. The molecule has 0 saturated heterocycles. The van der Waals surface area contributed by atoms with Crippen LogP contribution in [0.15, 0.2) is 0 Å². The molecule has 0 heterocycles. The van der Waals surface area contributed by atoms with E-state index in [0.717, 1.165) is 13.1 Å². The van der Waals surface area contributed by atoms with Gasteiger partial charge in [-0.25, -0.2) is 5.01 Å². The molecule has 0 aromatic heterocycles. The average Bonchev–Trinajstić information content (AvgIpc) is 1.90. The van der Waals surface area contributed by atoms with Crippen molar-refractivity contribution in [3.8, 4) is 0 Å². The Hall–Kier alpha value is -0.610. The van der Waals surface area contributed by atoms with Gasteiger partial charge in [0.2, 0.25) is 0 Å². The van der Waals surface area contributed by atoms with Crippen LogP contribution in [0.1, 0.15) is 20.8 Å². The van der Waals surface area contributed by atoms with Gasteiger partial charge in [0, 0.05) is 20.0 Å².